The third kappa shape index (κ3) is 3.20. The number of likely N-dealkylation sites (tertiary alicyclic amines) is 1. The van der Waals surface area contributed by atoms with Crippen LogP contribution in [0.5, 0.6) is 0 Å². The molecule has 1 aromatic heterocycles. The molecule has 0 unspecified atom stereocenters. The van der Waals surface area contributed by atoms with Crippen LogP contribution in [-0.2, 0) is 16.0 Å². The Kier molecular flexibility index (Phi) is 3.92. The second-order valence-corrected chi connectivity index (χ2v) is 6.93. The first-order valence-electron chi connectivity index (χ1n) is 8.42. The van der Waals surface area contributed by atoms with E-state index < -0.39 is 0 Å². The SMILES string of the molecule is O=C(Cc1ccco1)N1C[C@@H]2CN(CC3CC3)CCO[C@@H]2C1. The molecule has 3 fully saturated rings. The monoisotopic (exact) mass is 304 g/mol. The first kappa shape index (κ1) is 14.3. The number of fused-ring (bicyclic) bond motifs is 1. The van der Waals surface area contributed by atoms with Crippen LogP contribution in [0.2, 0.25) is 0 Å². The molecular formula is C17H24N2O3. The summed E-state index contributed by atoms with van der Waals surface area (Å²) in [6.07, 6.45) is 4.97. The Morgan fingerprint density at radius 1 is 1.27 bits per heavy atom. The summed E-state index contributed by atoms with van der Waals surface area (Å²) in [6.45, 7) is 5.70. The van der Waals surface area contributed by atoms with Gasteiger partial charge in [0.2, 0.25) is 5.91 Å². The Balaban J connectivity index is 1.34. The van der Waals surface area contributed by atoms with E-state index in [9.17, 15) is 4.79 Å². The minimum Gasteiger partial charge on any atom is -0.469 e. The fourth-order valence-corrected chi connectivity index (χ4v) is 3.67. The summed E-state index contributed by atoms with van der Waals surface area (Å²) in [5, 5.41) is 0. The van der Waals surface area contributed by atoms with E-state index in [1.807, 2.05) is 17.0 Å². The minimum absolute atomic E-state index is 0.153. The highest BCUT2D eigenvalue weighted by atomic mass is 16.5. The number of nitrogens with zero attached hydrogens (tertiary/aromatic N) is 2. The maximum absolute atomic E-state index is 12.4. The predicted molar refractivity (Wildman–Crippen MR) is 81.4 cm³/mol. The fourth-order valence-electron chi connectivity index (χ4n) is 3.67. The zero-order chi connectivity index (χ0) is 14.9. The number of ether oxygens (including phenoxy) is 1. The summed E-state index contributed by atoms with van der Waals surface area (Å²) in [5.41, 5.74) is 0. The Bertz CT molecular complexity index is 512. The van der Waals surface area contributed by atoms with E-state index in [1.54, 1.807) is 6.26 Å². The molecule has 5 nitrogen and oxygen atoms in total. The van der Waals surface area contributed by atoms with Crippen LogP contribution in [-0.4, -0.2) is 61.1 Å². The Hall–Kier alpha value is -1.33. The summed E-state index contributed by atoms with van der Waals surface area (Å²) in [6, 6.07) is 3.69. The summed E-state index contributed by atoms with van der Waals surface area (Å²) >= 11 is 0. The highest BCUT2D eigenvalue weighted by Crippen LogP contribution is 2.31. The Labute approximate surface area is 131 Å². The molecule has 0 N–H and O–H groups in total. The lowest BCUT2D eigenvalue weighted by atomic mass is 10.1. The van der Waals surface area contributed by atoms with Gasteiger partial charge in [-0.1, -0.05) is 0 Å². The van der Waals surface area contributed by atoms with Crippen molar-refractivity contribution in [2.24, 2.45) is 11.8 Å². The summed E-state index contributed by atoms with van der Waals surface area (Å²) in [4.78, 5) is 16.9. The van der Waals surface area contributed by atoms with Crippen LogP contribution >= 0.6 is 0 Å². The maximum Gasteiger partial charge on any atom is 0.230 e. The molecule has 2 saturated heterocycles. The second-order valence-electron chi connectivity index (χ2n) is 6.93. The van der Waals surface area contributed by atoms with Crippen molar-refractivity contribution in [1.82, 2.24) is 9.80 Å². The Morgan fingerprint density at radius 3 is 2.95 bits per heavy atom. The molecule has 1 amide bonds. The molecule has 22 heavy (non-hydrogen) atoms. The van der Waals surface area contributed by atoms with Crippen molar-refractivity contribution in [3.8, 4) is 0 Å². The molecule has 5 heteroatoms. The van der Waals surface area contributed by atoms with Crippen LogP contribution in [0.4, 0.5) is 0 Å². The van der Waals surface area contributed by atoms with E-state index in [1.165, 1.54) is 19.4 Å². The summed E-state index contributed by atoms with van der Waals surface area (Å²) < 4.78 is 11.3. The zero-order valence-corrected chi connectivity index (χ0v) is 12.9. The van der Waals surface area contributed by atoms with Gasteiger partial charge in [-0.05, 0) is 30.9 Å². The van der Waals surface area contributed by atoms with Gasteiger partial charge in [0.05, 0.1) is 25.4 Å². The molecule has 1 aliphatic carbocycles. The first-order valence-corrected chi connectivity index (χ1v) is 8.42. The van der Waals surface area contributed by atoms with E-state index in [0.717, 1.165) is 44.5 Å². The van der Waals surface area contributed by atoms with Gasteiger partial charge in [-0.2, -0.15) is 0 Å². The van der Waals surface area contributed by atoms with Gasteiger partial charge in [0, 0.05) is 38.6 Å². The fraction of sp³-hybridized carbons (Fsp3) is 0.706. The molecule has 0 spiro atoms. The van der Waals surface area contributed by atoms with E-state index in [4.69, 9.17) is 9.15 Å². The molecule has 1 saturated carbocycles. The van der Waals surface area contributed by atoms with Crippen molar-refractivity contribution in [2.75, 3.05) is 39.3 Å². The van der Waals surface area contributed by atoms with Crippen molar-refractivity contribution in [1.29, 1.82) is 0 Å². The number of carbonyl (C=O) groups is 1. The molecule has 3 aliphatic rings. The highest BCUT2D eigenvalue weighted by molar-refractivity contribution is 5.78. The molecule has 0 bridgehead atoms. The van der Waals surface area contributed by atoms with Gasteiger partial charge < -0.3 is 19.0 Å². The third-order valence-corrected chi connectivity index (χ3v) is 5.08. The first-order chi connectivity index (χ1) is 10.8. The highest BCUT2D eigenvalue weighted by Gasteiger charge is 2.39. The summed E-state index contributed by atoms with van der Waals surface area (Å²) in [5.74, 6) is 2.27. The number of furan rings is 1. The van der Waals surface area contributed by atoms with Gasteiger partial charge in [-0.25, -0.2) is 0 Å². The van der Waals surface area contributed by atoms with Crippen molar-refractivity contribution in [3.05, 3.63) is 24.2 Å². The summed E-state index contributed by atoms with van der Waals surface area (Å²) in [7, 11) is 0. The molecule has 0 aromatic carbocycles. The van der Waals surface area contributed by atoms with Gasteiger partial charge in [0.15, 0.2) is 0 Å². The number of carbonyl (C=O) groups excluding carboxylic acids is 1. The maximum atomic E-state index is 12.4. The van der Waals surface area contributed by atoms with Gasteiger partial charge in [0.1, 0.15) is 5.76 Å². The van der Waals surface area contributed by atoms with Crippen LogP contribution in [0.1, 0.15) is 18.6 Å². The number of hydrogen-bond donors (Lipinski definition) is 0. The molecule has 4 rings (SSSR count). The van der Waals surface area contributed by atoms with Gasteiger partial charge in [0.25, 0.3) is 0 Å². The second kappa shape index (κ2) is 6.05. The standard InChI is InChI=1S/C17H24N2O3/c20-17(8-15-2-1-6-21-15)19-11-14-10-18(9-13-3-4-13)5-7-22-16(14)12-19/h1-2,6,13-14,16H,3-5,7-12H2/t14-,16+/m0/s1. The van der Waals surface area contributed by atoms with Gasteiger partial charge in [-0.3, -0.25) is 4.79 Å². The van der Waals surface area contributed by atoms with E-state index >= 15 is 0 Å². The lowest BCUT2D eigenvalue weighted by Crippen LogP contribution is -2.35. The number of hydrogen-bond acceptors (Lipinski definition) is 4. The topological polar surface area (TPSA) is 45.9 Å². The predicted octanol–water partition coefficient (Wildman–Crippen LogP) is 1.39. The van der Waals surface area contributed by atoms with E-state index in [2.05, 4.69) is 4.90 Å². The Morgan fingerprint density at radius 2 is 2.18 bits per heavy atom. The lowest BCUT2D eigenvalue weighted by molar-refractivity contribution is -0.130. The number of rotatable bonds is 4. The van der Waals surface area contributed by atoms with Crippen LogP contribution in [0, 0.1) is 11.8 Å². The molecule has 1 aromatic rings. The zero-order valence-electron chi connectivity index (χ0n) is 12.9. The average Bonchev–Trinajstić information content (AvgIpc) is 3.06. The van der Waals surface area contributed by atoms with Crippen molar-refractivity contribution < 1.29 is 13.9 Å². The third-order valence-electron chi connectivity index (χ3n) is 5.08. The lowest BCUT2D eigenvalue weighted by Gasteiger charge is -2.23. The average molecular weight is 304 g/mol. The normalized spacial score (nSPS) is 29.4. The molecule has 2 atom stereocenters. The van der Waals surface area contributed by atoms with Crippen molar-refractivity contribution >= 4 is 5.91 Å². The molecule has 2 aliphatic heterocycles. The van der Waals surface area contributed by atoms with E-state index in [0.29, 0.717) is 12.3 Å². The van der Waals surface area contributed by atoms with Crippen LogP contribution in [0.25, 0.3) is 0 Å². The smallest absolute Gasteiger partial charge is 0.230 e. The van der Waals surface area contributed by atoms with Crippen LogP contribution in [0.3, 0.4) is 0 Å². The van der Waals surface area contributed by atoms with Crippen LogP contribution in [0.15, 0.2) is 22.8 Å². The van der Waals surface area contributed by atoms with Gasteiger partial charge in [-0.15, -0.1) is 0 Å². The molecule has 120 valence electrons. The van der Waals surface area contributed by atoms with Gasteiger partial charge >= 0.3 is 0 Å². The quantitative estimate of drug-likeness (QED) is 0.843. The molecular weight excluding hydrogens is 280 g/mol. The van der Waals surface area contributed by atoms with Crippen LogP contribution < -0.4 is 0 Å². The number of amides is 1. The van der Waals surface area contributed by atoms with E-state index in [-0.39, 0.29) is 12.0 Å². The minimum atomic E-state index is 0.153. The largest absolute Gasteiger partial charge is 0.469 e. The van der Waals surface area contributed by atoms with Crippen molar-refractivity contribution in [3.63, 3.8) is 0 Å². The molecule has 0 radical (unpaired) electrons. The molecule has 3 heterocycles. The van der Waals surface area contributed by atoms with Crippen molar-refractivity contribution in [2.45, 2.75) is 25.4 Å².